The molecule has 0 bridgehead atoms. The molecule has 0 radical (unpaired) electrons. The van der Waals surface area contributed by atoms with Gasteiger partial charge in [-0.25, -0.2) is 4.98 Å². The van der Waals surface area contributed by atoms with Crippen LogP contribution >= 0.6 is 0 Å². The Bertz CT molecular complexity index is 716. The van der Waals surface area contributed by atoms with E-state index in [0.717, 1.165) is 23.9 Å². The molecule has 0 aliphatic heterocycles. The number of para-hydroxylation sites is 2. The number of carbonyl (C=O) groups is 2. The second-order valence-corrected chi connectivity index (χ2v) is 5.96. The molecule has 1 aromatic carbocycles. The van der Waals surface area contributed by atoms with Crippen molar-refractivity contribution < 1.29 is 9.59 Å². The number of rotatable bonds is 4. The van der Waals surface area contributed by atoms with Crippen molar-refractivity contribution in [1.82, 2.24) is 14.9 Å². The molecule has 6 nitrogen and oxygen atoms in total. The largest absolute Gasteiger partial charge is 0.368 e. The zero-order chi connectivity index (χ0) is 15.7. The molecule has 1 unspecified atom stereocenters. The minimum atomic E-state index is -0.887. The van der Waals surface area contributed by atoms with Crippen molar-refractivity contribution >= 4 is 22.8 Å². The number of primary amides is 1. The standard InChI is InChI=1S/C16H20N4O2/c1-11(20-10-18-12-6-2-3-7-13(12)20)14(21)19-16(15(17)22)8-4-5-9-16/h2-3,6-7,10-11H,4-5,8-9H2,1H3,(H2,17,22)(H,19,21). The summed E-state index contributed by atoms with van der Waals surface area (Å²) in [7, 11) is 0. The topological polar surface area (TPSA) is 90.0 Å². The molecule has 1 saturated carbocycles. The predicted molar refractivity (Wildman–Crippen MR) is 83.0 cm³/mol. The molecular weight excluding hydrogens is 280 g/mol. The van der Waals surface area contributed by atoms with E-state index in [4.69, 9.17) is 5.73 Å². The Labute approximate surface area is 128 Å². The second-order valence-electron chi connectivity index (χ2n) is 5.96. The zero-order valence-corrected chi connectivity index (χ0v) is 12.6. The van der Waals surface area contributed by atoms with Crippen LogP contribution in [-0.4, -0.2) is 26.9 Å². The van der Waals surface area contributed by atoms with E-state index in [9.17, 15) is 9.59 Å². The number of benzene rings is 1. The Morgan fingerprint density at radius 2 is 2.00 bits per heavy atom. The van der Waals surface area contributed by atoms with Gasteiger partial charge < -0.3 is 15.6 Å². The maximum atomic E-state index is 12.6. The minimum Gasteiger partial charge on any atom is -0.368 e. The van der Waals surface area contributed by atoms with E-state index in [-0.39, 0.29) is 5.91 Å². The van der Waals surface area contributed by atoms with Crippen LogP contribution in [0.5, 0.6) is 0 Å². The second kappa shape index (κ2) is 5.44. The number of nitrogens with one attached hydrogen (secondary N) is 1. The first-order valence-corrected chi connectivity index (χ1v) is 7.57. The Hall–Kier alpha value is -2.37. The Morgan fingerprint density at radius 3 is 2.68 bits per heavy atom. The van der Waals surface area contributed by atoms with Crippen molar-refractivity contribution in [3.8, 4) is 0 Å². The van der Waals surface area contributed by atoms with Crippen LogP contribution in [0.1, 0.15) is 38.6 Å². The van der Waals surface area contributed by atoms with Crippen molar-refractivity contribution in [3.63, 3.8) is 0 Å². The summed E-state index contributed by atoms with van der Waals surface area (Å²) in [6, 6.07) is 7.19. The van der Waals surface area contributed by atoms with Gasteiger partial charge in [0.2, 0.25) is 11.8 Å². The van der Waals surface area contributed by atoms with Crippen molar-refractivity contribution in [2.75, 3.05) is 0 Å². The SMILES string of the molecule is CC(C(=O)NC1(C(N)=O)CCCC1)n1cnc2ccccc21. The summed E-state index contributed by atoms with van der Waals surface area (Å²) in [5, 5.41) is 2.88. The highest BCUT2D eigenvalue weighted by molar-refractivity contribution is 5.92. The summed E-state index contributed by atoms with van der Waals surface area (Å²) in [5.74, 6) is -0.648. The van der Waals surface area contributed by atoms with Crippen LogP contribution in [0.3, 0.4) is 0 Å². The molecule has 1 heterocycles. The first kappa shape index (κ1) is 14.6. The van der Waals surface area contributed by atoms with E-state index < -0.39 is 17.5 Å². The number of amides is 2. The molecule has 3 N–H and O–H groups in total. The van der Waals surface area contributed by atoms with Crippen LogP contribution < -0.4 is 11.1 Å². The van der Waals surface area contributed by atoms with Crippen molar-refractivity contribution in [3.05, 3.63) is 30.6 Å². The number of hydrogen-bond acceptors (Lipinski definition) is 3. The molecule has 2 aromatic rings. The Balaban J connectivity index is 1.84. The molecule has 0 saturated heterocycles. The summed E-state index contributed by atoms with van der Waals surface area (Å²) in [4.78, 5) is 28.6. The van der Waals surface area contributed by atoms with E-state index in [2.05, 4.69) is 10.3 Å². The predicted octanol–water partition coefficient (Wildman–Crippen LogP) is 1.51. The number of fused-ring (bicyclic) bond motifs is 1. The average Bonchev–Trinajstić information content (AvgIpc) is 3.13. The van der Waals surface area contributed by atoms with Gasteiger partial charge in [-0.1, -0.05) is 25.0 Å². The average molecular weight is 300 g/mol. The zero-order valence-electron chi connectivity index (χ0n) is 12.6. The van der Waals surface area contributed by atoms with Gasteiger partial charge in [0, 0.05) is 0 Å². The van der Waals surface area contributed by atoms with Gasteiger partial charge in [0.1, 0.15) is 11.6 Å². The third-order valence-electron chi connectivity index (χ3n) is 4.57. The van der Waals surface area contributed by atoms with Crippen LogP contribution in [0.2, 0.25) is 0 Å². The van der Waals surface area contributed by atoms with Crippen LogP contribution in [-0.2, 0) is 9.59 Å². The first-order valence-electron chi connectivity index (χ1n) is 7.57. The minimum absolute atomic E-state index is 0.205. The quantitative estimate of drug-likeness (QED) is 0.896. The van der Waals surface area contributed by atoms with E-state index in [1.807, 2.05) is 28.8 Å². The number of imidazole rings is 1. The number of hydrogen-bond donors (Lipinski definition) is 2. The highest BCUT2D eigenvalue weighted by Gasteiger charge is 2.41. The Kier molecular flexibility index (Phi) is 3.60. The van der Waals surface area contributed by atoms with Gasteiger partial charge in [0.05, 0.1) is 17.4 Å². The maximum absolute atomic E-state index is 12.6. The van der Waals surface area contributed by atoms with E-state index >= 15 is 0 Å². The van der Waals surface area contributed by atoms with Gasteiger partial charge in [-0.15, -0.1) is 0 Å². The molecule has 1 aliphatic rings. The van der Waals surface area contributed by atoms with Crippen molar-refractivity contribution in [2.45, 2.75) is 44.2 Å². The fourth-order valence-corrected chi connectivity index (χ4v) is 3.17. The summed E-state index contributed by atoms with van der Waals surface area (Å²) >= 11 is 0. The first-order chi connectivity index (χ1) is 10.5. The van der Waals surface area contributed by atoms with Crippen LogP contribution in [0, 0.1) is 0 Å². The highest BCUT2D eigenvalue weighted by atomic mass is 16.2. The fraction of sp³-hybridized carbons (Fsp3) is 0.438. The third-order valence-corrected chi connectivity index (χ3v) is 4.57. The molecule has 2 amide bonds. The molecule has 1 aromatic heterocycles. The molecule has 1 fully saturated rings. The van der Waals surface area contributed by atoms with Gasteiger partial charge in [-0.05, 0) is 31.9 Å². The number of nitrogens with zero attached hydrogens (tertiary/aromatic N) is 2. The van der Waals surface area contributed by atoms with E-state index in [0.29, 0.717) is 12.8 Å². The van der Waals surface area contributed by atoms with Gasteiger partial charge in [0.15, 0.2) is 0 Å². The maximum Gasteiger partial charge on any atom is 0.243 e. The van der Waals surface area contributed by atoms with Gasteiger partial charge in [-0.3, -0.25) is 9.59 Å². The molecule has 1 aliphatic carbocycles. The summed E-state index contributed by atoms with van der Waals surface area (Å²) < 4.78 is 1.81. The van der Waals surface area contributed by atoms with Crippen LogP contribution in [0.4, 0.5) is 0 Å². The smallest absolute Gasteiger partial charge is 0.243 e. The lowest BCUT2D eigenvalue weighted by atomic mass is 9.96. The monoisotopic (exact) mass is 300 g/mol. The molecule has 3 rings (SSSR count). The summed E-state index contributed by atoms with van der Waals surface area (Å²) in [6.07, 6.45) is 4.70. The molecular formula is C16H20N4O2. The lowest BCUT2D eigenvalue weighted by Gasteiger charge is -2.28. The summed E-state index contributed by atoms with van der Waals surface area (Å²) in [6.45, 7) is 1.80. The molecule has 0 spiro atoms. The third kappa shape index (κ3) is 2.34. The normalized spacial score (nSPS) is 18.2. The van der Waals surface area contributed by atoms with Crippen molar-refractivity contribution in [2.24, 2.45) is 5.73 Å². The molecule has 116 valence electrons. The van der Waals surface area contributed by atoms with E-state index in [1.54, 1.807) is 13.3 Å². The Morgan fingerprint density at radius 1 is 1.32 bits per heavy atom. The lowest BCUT2D eigenvalue weighted by molar-refractivity contribution is -0.132. The molecule has 1 atom stereocenters. The lowest BCUT2D eigenvalue weighted by Crippen LogP contribution is -2.56. The number of nitrogens with two attached hydrogens (primary N) is 1. The number of carbonyl (C=O) groups excluding carboxylic acids is 2. The van der Waals surface area contributed by atoms with Gasteiger partial charge in [0.25, 0.3) is 0 Å². The van der Waals surface area contributed by atoms with Gasteiger partial charge in [-0.2, -0.15) is 0 Å². The number of aromatic nitrogens is 2. The van der Waals surface area contributed by atoms with Gasteiger partial charge >= 0.3 is 0 Å². The molecule has 22 heavy (non-hydrogen) atoms. The van der Waals surface area contributed by atoms with E-state index in [1.165, 1.54) is 0 Å². The van der Waals surface area contributed by atoms with Crippen LogP contribution in [0.15, 0.2) is 30.6 Å². The highest BCUT2D eigenvalue weighted by Crippen LogP contribution is 2.30. The molecule has 6 heteroatoms. The fourth-order valence-electron chi connectivity index (χ4n) is 3.17. The van der Waals surface area contributed by atoms with Crippen LogP contribution in [0.25, 0.3) is 11.0 Å². The summed E-state index contributed by atoms with van der Waals surface area (Å²) in [5.41, 5.74) is 6.36. The van der Waals surface area contributed by atoms with Crippen molar-refractivity contribution in [1.29, 1.82) is 0 Å².